The maximum absolute atomic E-state index is 10.9. The van der Waals surface area contributed by atoms with Gasteiger partial charge in [0.25, 0.3) is 0 Å². The predicted molar refractivity (Wildman–Crippen MR) is 58.7 cm³/mol. The molecule has 1 nitrogen and oxygen atoms in total. The van der Waals surface area contributed by atoms with Crippen LogP contribution < -0.4 is 0 Å². The summed E-state index contributed by atoms with van der Waals surface area (Å²) in [6, 6.07) is 12.0. The van der Waals surface area contributed by atoms with Crippen molar-refractivity contribution in [1.82, 2.24) is 0 Å². The van der Waals surface area contributed by atoms with Gasteiger partial charge >= 0.3 is 0 Å². The molecule has 0 amide bonds. The van der Waals surface area contributed by atoms with E-state index in [4.69, 9.17) is 0 Å². The lowest BCUT2D eigenvalue weighted by atomic mass is 9.98. The molecule has 0 unspecified atom stereocenters. The molecule has 0 aliphatic heterocycles. The Hall–Kier alpha value is -1.63. The third kappa shape index (κ3) is 1.31. The maximum atomic E-state index is 10.9. The van der Waals surface area contributed by atoms with Crippen LogP contribution in [0.1, 0.15) is 22.8 Å². The fourth-order valence-corrected chi connectivity index (χ4v) is 1.84. The zero-order chi connectivity index (χ0) is 9.97. The summed E-state index contributed by atoms with van der Waals surface area (Å²) in [4.78, 5) is 10.9. The number of fused-ring (bicyclic) bond motifs is 1. The number of hydrogen-bond acceptors (Lipinski definition) is 1. The van der Waals surface area contributed by atoms with E-state index in [1.807, 2.05) is 30.3 Å². The number of aryl methyl sites for hydroxylation is 1. The number of carbonyl (C=O) groups is 1. The van der Waals surface area contributed by atoms with Gasteiger partial charge in [0.2, 0.25) is 0 Å². The highest BCUT2D eigenvalue weighted by molar-refractivity contribution is 6.00. The van der Waals surface area contributed by atoms with Crippen LogP contribution in [-0.4, -0.2) is 6.29 Å². The van der Waals surface area contributed by atoms with Gasteiger partial charge in [-0.1, -0.05) is 43.3 Å². The van der Waals surface area contributed by atoms with Crippen molar-refractivity contribution in [2.45, 2.75) is 13.3 Å². The van der Waals surface area contributed by atoms with Gasteiger partial charge in [-0.2, -0.15) is 0 Å². The highest BCUT2D eigenvalue weighted by Gasteiger charge is 2.03. The number of aldehydes is 1. The zero-order valence-corrected chi connectivity index (χ0v) is 8.16. The molecule has 0 heterocycles. The largest absolute Gasteiger partial charge is 0.298 e. The van der Waals surface area contributed by atoms with Crippen LogP contribution in [0.5, 0.6) is 0 Å². The van der Waals surface area contributed by atoms with Gasteiger partial charge in [-0.3, -0.25) is 4.79 Å². The quantitative estimate of drug-likeness (QED) is 0.655. The Morgan fingerprint density at radius 1 is 1.14 bits per heavy atom. The van der Waals surface area contributed by atoms with Gasteiger partial charge in [0.1, 0.15) is 0 Å². The van der Waals surface area contributed by atoms with Crippen molar-refractivity contribution in [3.63, 3.8) is 0 Å². The molecular weight excluding hydrogens is 172 g/mol. The summed E-state index contributed by atoms with van der Waals surface area (Å²) >= 11 is 0. The number of carbonyl (C=O) groups excluding carboxylic acids is 1. The van der Waals surface area contributed by atoms with Crippen molar-refractivity contribution < 1.29 is 4.79 Å². The van der Waals surface area contributed by atoms with E-state index in [-0.39, 0.29) is 0 Å². The molecule has 70 valence electrons. The molecule has 14 heavy (non-hydrogen) atoms. The molecule has 0 N–H and O–H groups in total. The Morgan fingerprint density at radius 2 is 1.86 bits per heavy atom. The summed E-state index contributed by atoms with van der Waals surface area (Å²) < 4.78 is 0. The molecule has 0 saturated carbocycles. The van der Waals surface area contributed by atoms with E-state index < -0.39 is 0 Å². The Balaban J connectivity index is 2.88. The first-order valence-electron chi connectivity index (χ1n) is 4.82. The van der Waals surface area contributed by atoms with Crippen LogP contribution in [0.2, 0.25) is 0 Å². The van der Waals surface area contributed by atoms with Crippen molar-refractivity contribution in [1.29, 1.82) is 0 Å². The lowest BCUT2D eigenvalue weighted by molar-refractivity contribution is 0.112. The second kappa shape index (κ2) is 3.62. The fraction of sp³-hybridized carbons (Fsp3) is 0.154. The van der Waals surface area contributed by atoms with Crippen molar-refractivity contribution in [3.05, 3.63) is 47.5 Å². The SMILES string of the molecule is CCc1cccc2cccc(C=O)c12. The smallest absolute Gasteiger partial charge is 0.150 e. The van der Waals surface area contributed by atoms with E-state index in [2.05, 4.69) is 13.0 Å². The highest BCUT2D eigenvalue weighted by Crippen LogP contribution is 2.22. The topological polar surface area (TPSA) is 17.1 Å². The summed E-state index contributed by atoms with van der Waals surface area (Å²) in [5, 5.41) is 2.25. The summed E-state index contributed by atoms with van der Waals surface area (Å²) in [5.41, 5.74) is 2.03. The third-order valence-electron chi connectivity index (χ3n) is 2.53. The van der Waals surface area contributed by atoms with Crippen LogP contribution >= 0.6 is 0 Å². The first-order chi connectivity index (χ1) is 6.86. The first kappa shape index (κ1) is 8.95. The molecule has 0 aliphatic carbocycles. The molecule has 0 saturated heterocycles. The second-order valence-corrected chi connectivity index (χ2v) is 3.33. The summed E-state index contributed by atoms with van der Waals surface area (Å²) in [5.74, 6) is 0. The van der Waals surface area contributed by atoms with Crippen molar-refractivity contribution in [2.75, 3.05) is 0 Å². The zero-order valence-electron chi connectivity index (χ0n) is 8.16. The lowest BCUT2D eigenvalue weighted by Gasteiger charge is -2.05. The molecule has 0 aliphatic rings. The van der Waals surface area contributed by atoms with Crippen LogP contribution in [0.4, 0.5) is 0 Å². The molecule has 0 spiro atoms. The summed E-state index contributed by atoms with van der Waals surface area (Å²) in [7, 11) is 0. The molecule has 0 fully saturated rings. The molecule has 2 rings (SSSR count). The molecule has 1 heteroatoms. The number of hydrogen-bond donors (Lipinski definition) is 0. The minimum atomic E-state index is 0.792. The average molecular weight is 184 g/mol. The van der Waals surface area contributed by atoms with Crippen molar-refractivity contribution in [2.24, 2.45) is 0 Å². The third-order valence-corrected chi connectivity index (χ3v) is 2.53. The van der Waals surface area contributed by atoms with Gasteiger partial charge in [-0.05, 0) is 22.8 Å². The predicted octanol–water partition coefficient (Wildman–Crippen LogP) is 3.21. The van der Waals surface area contributed by atoms with Crippen LogP contribution in [0.25, 0.3) is 10.8 Å². The van der Waals surface area contributed by atoms with Crippen LogP contribution in [0.3, 0.4) is 0 Å². The molecule has 0 aromatic heterocycles. The Kier molecular flexibility index (Phi) is 2.32. The van der Waals surface area contributed by atoms with Gasteiger partial charge in [0, 0.05) is 5.56 Å². The summed E-state index contributed by atoms with van der Waals surface area (Å²) in [6.45, 7) is 2.11. The van der Waals surface area contributed by atoms with E-state index in [1.165, 1.54) is 5.56 Å². The van der Waals surface area contributed by atoms with E-state index >= 15 is 0 Å². The van der Waals surface area contributed by atoms with Gasteiger partial charge in [0.15, 0.2) is 6.29 Å². The molecular formula is C13H12O. The number of benzene rings is 2. The van der Waals surface area contributed by atoms with Gasteiger partial charge < -0.3 is 0 Å². The normalized spacial score (nSPS) is 10.4. The van der Waals surface area contributed by atoms with Gasteiger partial charge in [-0.25, -0.2) is 0 Å². The minimum absolute atomic E-state index is 0.792. The van der Waals surface area contributed by atoms with Gasteiger partial charge in [-0.15, -0.1) is 0 Å². The van der Waals surface area contributed by atoms with E-state index in [9.17, 15) is 4.79 Å². The molecule has 2 aromatic carbocycles. The fourth-order valence-electron chi connectivity index (χ4n) is 1.84. The van der Waals surface area contributed by atoms with Crippen LogP contribution in [0, 0.1) is 0 Å². The van der Waals surface area contributed by atoms with Crippen LogP contribution in [-0.2, 0) is 6.42 Å². The summed E-state index contributed by atoms with van der Waals surface area (Å²) in [6.07, 6.45) is 1.89. The standard InChI is InChI=1S/C13H12O/c1-2-10-5-3-6-11-7-4-8-12(9-14)13(10)11/h3-9H,2H2,1H3. The highest BCUT2D eigenvalue weighted by atomic mass is 16.1. The molecule has 0 radical (unpaired) electrons. The molecule has 0 bridgehead atoms. The van der Waals surface area contributed by atoms with E-state index in [0.717, 1.165) is 29.0 Å². The van der Waals surface area contributed by atoms with Crippen LogP contribution in [0.15, 0.2) is 36.4 Å². The first-order valence-corrected chi connectivity index (χ1v) is 4.82. The maximum Gasteiger partial charge on any atom is 0.150 e. The second-order valence-electron chi connectivity index (χ2n) is 3.33. The van der Waals surface area contributed by atoms with Gasteiger partial charge in [0.05, 0.1) is 0 Å². The number of rotatable bonds is 2. The van der Waals surface area contributed by atoms with E-state index in [1.54, 1.807) is 0 Å². The van der Waals surface area contributed by atoms with Crippen molar-refractivity contribution in [3.8, 4) is 0 Å². The Bertz CT molecular complexity index is 466. The van der Waals surface area contributed by atoms with Crippen molar-refractivity contribution >= 4 is 17.1 Å². The average Bonchev–Trinajstić information content (AvgIpc) is 2.27. The molecule has 0 atom stereocenters. The minimum Gasteiger partial charge on any atom is -0.298 e. The Morgan fingerprint density at radius 3 is 2.50 bits per heavy atom. The lowest BCUT2D eigenvalue weighted by Crippen LogP contribution is -1.89. The molecule has 2 aromatic rings. The van der Waals surface area contributed by atoms with E-state index in [0.29, 0.717) is 0 Å². The monoisotopic (exact) mass is 184 g/mol. The Labute approximate surface area is 83.4 Å².